The van der Waals surface area contributed by atoms with Crippen LogP contribution >= 0.6 is 0 Å². The monoisotopic (exact) mass is 141 g/mol. The Balaban J connectivity index is 2.61. The van der Waals surface area contributed by atoms with Crippen molar-refractivity contribution in [2.24, 2.45) is 0 Å². The Morgan fingerprint density at radius 1 is 1.60 bits per heavy atom. The fourth-order valence-electron chi connectivity index (χ4n) is 1.87. The van der Waals surface area contributed by atoms with Gasteiger partial charge in [-0.3, -0.25) is 9.69 Å². The lowest BCUT2D eigenvalue weighted by atomic mass is 10.1. The zero-order valence-corrected chi connectivity index (χ0v) is 7.14. The maximum absolute atomic E-state index is 10.9. The van der Waals surface area contributed by atoms with Crippen LogP contribution in [0.2, 0.25) is 0 Å². The van der Waals surface area contributed by atoms with E-state index in [-0.39, 0.29) is 11.6 Å². The summed E-state index contributed by atoms with van der Waals surface area (Å²) < 4.78 is 0. The van der Waals surface area contributed by atoms with Crippen LogP contribution in [0, 0.1) is 0 Å². The van der Waals surface area contributed by atoms with Gasteiger partial charge in [0, 0.05) is 5.54 Å². The molecule has 0 aliphatic carbocycles. The zero-order valence-electron chi connectivity index (χ0n) is 7.14. The van der Waals surface area contributed by atoms with Crippen molar-refractivity contribution in [1.29, 1.82) is 0 Å². The highest BCUT2D eigenvalue weighted by atomic mass is 16.1. The summed E-state index contributed by atoms with van der Waals surface area (Å²) in [5, 5.41) is 0. The number of nitrogens with zero attached hydrogens (tertiary/aromatic N) is 1. The molecule has 0 aromatic heterocycles. The topological polar surface area (TPSA) is 20.1 Å². The van der Waals surface area contributed by atoms with E-state index >= 15 is 0 Å². The third-order valence-electron chi connectivity index (χ3n) is 2.38. The molecule has 0 bridgehead atoms. The molecule has 1 rings (SSSR count). The summed E-state index contributed by atoms with van der Waals surface area (Å²) >= 11 is 0. The van der Waals surface area contributed by atoms with Gasteiger partial charge < -0.3 is 0 Å². The molecule has 2 atom stereocenters. The van der Waals surface area contributed by atoms with Crippen LogP contribution in [0.15, 0.2) is 0 Å². The van der Waals surface area contributed by atoms with Gasteiger partial charge in [0.15, 0.2) is 0 Å². The molecule has 1 aliphatic rings. The SMILES string of the molecule is CCN1C(C(C)=O)C1(C)C. The third kappa shape index (κ3) is 0.870. The molecule has 0 radical (unpaired) electrons. The third-order valence-corrected chi connectivity index (χ3v) is 2.38. The number of carbonyl (C=O) groups is 1. The van der Waals surface area contributed by atoms with E-state index in [9.17, 15) is 4.79 Å². The van der Waals surface area contributed by atoms with Crippen LogP contribution in [-0.4, -0.2) is 28.8 Å². The predicted molar refractivity (Wildman–Crippen MR) is 40.9 cm³/mol. The number of ketones is 1. The molecular weight excluding hydrogens is 126 g/mol. The first kappa shape index (κ1) is 7.73. The van der Waals surface area contributed by atoms with Crippen molar-refractivity contribution in [3.05, 3.63) is 0 Å². The average Bonchev–Trinajstić information content (AvgIpc) is 2.33. The van der Waals surface area contributed by atoms with Gasteiger partial charge in [-0.2, -0.15) is 0 Å². The Bertz CT molecular complexity index is 163. The Kier molecular flexibility index (Phi) is 1.59. The van der Waals surface area contributed by atoms with Crippen LogP contribution in [0.25, 0.3) is 0 Å². The number of likely N-dealkylation sites (N-methyl/N-ethyl adjacent to an activating group) is 1. The predicted octanol–water partition coefficient (Wildman–Crippen LogP) is 1.06. The van der Waals surface area contributed by atoms with E-state index in [4.69, 9.17) is 0 Å². The summed E-state index contributed by atoms with van der Waals surface area (Å²) in [6, 6.07) is 0.192. The van der Waals surface area contributed by atoms with Crippen LogP contribution in [0.3, 0.4) is 0 Å². The lowest BCUT2D eigenvalue weighted by molar-refractivity contribution is -0.117. The second-order valence-corrected chi connectivity index (χ2v) is 3.45. The first-order valence-electron chi connectivity index (χ1n) is 3.79. The molecule has 0 amide bonds. The van der Waals surface area contributed by atoms with Gasteiger partial charge in [-0.05, 0) is 27.3 Å². The van der Waals surface area contributed by atoms with Crippen LogP contribution in [0.5, 0.6) is 0 Å². The Hall–Kier alpha value is -0.370. The number of hydrogen-bond donors (Lipinski definition) is 0. The number of hydrogen-bond acceptors (Lipinski definition) is 2. The minimum absolute atomic E-state index is 0.139. The molecule has 0 aromatic rings. The number of rotatable bonds is 2. The summed E-state index contributed by atoms with van der Waals surface area (Å²) in [5.41, 5.74) is 0.139. The van der Waals surface area contributed by atoms with Gasteiger partial charge >= 0.3 is 0 Å². The van der Waals surface area contributed by atoms with Gasteiger partial charge in [-0.15, -0.1) is 0 Å². The fraction of sp³-hybridized carbons (Fsp3) is 0.875. The van der Waals surface area contributed by atoms with Gasteiger partial charge in [0.2, 0.25) is 0 Å². The van der Waals surface area contributed by atoms with Crippen LogP contribution in [-0.2, 0) is 4.79 Å². The molecule has 1 heterocycles. The average molecular weight is 141 g/mol. The summed E-state index contributed by atoms with van der Waals surface area (Å²) in [5.74, 6) is 0.298. The minimum atomic E-state index is 0.139. The van der Waals surface area contributed by atoms with E-state index in [1.807, 2.05) is 0 Å². The maximum atomic E-state index is 10.9. The number of Topliss-reactive ketones (excluding diaryl/α,β-unsaturated/α-hetero) is 1. The fourth-order valence-corrected chi connectivity index (χ4v) is 1.87. The van der Waals surface area contributed by atoms with Crippen molar-refractivity contribution in [2.45, 2.75) is 39.3 Å². The lowest BCUT2D eigenvalue weighted by Crippen LogP contribution is -2.10. The van der Waals surface area contributed by atoms with E-state index < -0.39 is 0 Å². The second-order valence-electron chi connectivity index (χ2n) is 3.45. The van der Waals surface area contributed by atoms with E-state index in [0.29, 0.717) is 5.78 Å². The zero-order chi connectivity index (χ0) is 7.94. The van der Waals surface area contributed by atoms with Crippen LogP contribution in [0.4, 0.5) is 0 Å². The molecule has 0 aromatic carbocycles. The highest BCUT2D eigenvalue weighted by Gasteiger charge is 2.56. The van der Waals surface area contributed by atoms with Crippen LogP contribution in [0.1, 0.15) is 27.7 Å². The van der Waals surface area contributed by atoms with Gasteiger partial charge in [-0.25, -0.2) is 0 Å². The summed E-state index contributed by atoms with van der Waals surface area (Å²) in [4.78, 5) is 13.2. The molecule has 0 spiro atoms. The lowest BCUT2D eigenvalue weighted by Gasteiger charge is -1.98. The van der Waals surface area contributed by atoms with E-state index in [1.165, 1.54) is 0 Å². The number of carbonyl (C=O) groups excluding carboxylic acids is 1. The molecule has 1 saturated heterocycles. The standard InChI is InChI=1S/C8H15NO/c1-5-9-7(6(2)10)8(9,3)4/h7H,5H2,1-4H3. The Morgan fingerprint density at radius 2 is 2.10 bits per heavy atom. The highest BCUT2D eigenvalue weighted by Crippen LogP contribution is 2.39. The molecule has 1 aliphatic heterocycles. The van der Waals surface area contributed by atoms with E-state index in [0.717, 1.165) is 6.54 Å². The van der Waals surface area contributed by atoms with E-state index in [1.54, 1.807) is 6.92 Å². The van der Waals surface area contributed by atoms with Gasteiger partial charge in [0.25, 0.3) is 0 Å². The van der Waals surface area contributed by atoms with Crippen molar-refractivity contribution >= 4 is 5.78 Å². The van der Waals surface area contributed by atoms with Crippen molar-refractivity contribution in [2.75, 3.05) is 6.54 Å². The molecule has 2 heteroatoms. The normalized spacial score (nSPS) is 35.6. The molecule has 2 unspecified atom stereocenters. The van der Waals surface area contributed by atoms with Gasteiger partial charge in [0.1, 0.15) is 5.78 Å². The first-order valence-corrected chi connectivity index (χ1v) is 3.79. The van der Waals surface area contributed by atoms with Gasteiger partial charge in [-0.1, -0.05) is 6.92 Å². The highest BCUT2D eigenvalue weighted by molar-refractivity contribution is 5.86. The minimum Gasteiger partial charge on any atom is -0.298 e. The van der Waals surface area contributed by atoms with Crippen molar-refractivity contribution < 1.29 is 4.79 Å². The van der Waals surface area contributed by atoms with Crippen molar-refractivity contribution in [3.63, 3.8) is 0 Å². The Morgan fingerprint density at radius 3 is 2.20 bits per heavy atom. The molecule has 0 N–H and O–H groups in total. The smallest absolute Gasteiger partial charge is 0.148 e. The van der Waals surface area contributed by atoms with Gasteiger partial charge in [0.05, 0.1) is 6.04 Å². The second kappa shape index (κ2) is 2.06. The van der Waals surface area contributed by atoms with Crippen molar-refractivity contribution in [3.8, 4) is 0 Å². The summed E-state index contributed by atoms with van der Waals surface area (Å²) in [6.07, 6.45) is 0. The van der Waals surface area contributed by atoms with Crippen molar-refractivity contribution in [1.82, 2.24) is 4.90 Å². The molecular formula is C8H15NO. The van der Waals surface area contributed by atoms with Crippen LogP contribution < -0.4 is 0 Å². The molecule has 10 heavy (non-hydrogen) atoms. The summed E-state index contributed by atoms with van der Waals surface area (Å²) in [6.45, 7) is 8.97. The van der Waals surface area contributed by atoms with E-state index in [2.05, 4.69) is 25.7 Å². The largest absolute Gasteiger partial charge is 0.298 e. The molecule has 58 valence electrons. The molecule has 0 saturated carbocycles. The quantitative estimate of drug-likeness (QED) is 0.536. The Labute approximate surface area is 62.2 Å². The molecule has 2 nitrogen and oxygen atoms in total. The molecule has 1 fully saturated rings. The summed E-state index contributed by atoms with van der Waals surface area (Å²) in [7, 11) is 0. The maximum Gasteiger partial charge on any atom is 0.148 e. The first-order chi connectivity index (χ1) is 4.51.